The van der Waals surface area contributed by atoms with Crippen molar-refractivity contribution < 1.29 is 13.2 Å². The van der Waals surface area contributed by atoms with Gasteiger partial charge in [0.2, 0.25) is 0 Å². The van der Waals surface area contributed by atoms with Crippen molar-refractivity contribution in [1.29, 1.82) is 0 Å². The van der Waals surface area contributed by atoms with E-state index in [2.05, 4.69) is 4.98 Å². The lowest BCUT2D eigenvalue weighted by Gasteiger charge is -2.09. The van der Waals surface area contributed by atoms with Gasteiger partial charge in [-0.1, -0.05) is 0 Å². The van der Waals surface area contributed by atoms with Crippen molar-refractivity contribution in [2.75, 3.05) is 5.73 Å². The maximum Gasteiger partial charge on any atom is 0.417 e. The highest BCUT2D eigenvalue weighted by Crippen LogP contribution is 2.28. The van der Waals surface area contributed by atoms with Crippen LogP contribution >= 0.6 is 11.3 Å². The first-order valence-electron chi connectivity index (χ1n) is 4.84. The Labute approximate surface area is 104 Å². The SMILES string of the molecule is Nc1ncc(Cn2cc(C(F)(F)F)ccc2=O)s1. The highest BCUT2D eigenvalue weighted by Gasteiger charge is 2.31. The van der Waals surface area contributed by atoms with Gasteiger partial charge in [0.25, 0.3) is 5.56 Å². The van der Waals surface area contributed by atoms with Gasteiger partial charge in [0, 0.05) is 23.3 Å². The monoisotopic (exact) mass is 275 g/mol. The van der Waals surface area contributed by atoms with Gasteiger partial charge in [-0.05, 0) is 6.07 Å². The van der Waals surface area contributed by atoms with Crippen molar-refractivity contribution in [3.8, 4) is 0 Å². The number of nitrogens with zero attached hydrogens (tertiary/aromatic N) is 2. The molecule has 8 heteroatoms. The number of anilines is 1. The first kappa shape index (κ1) is 12.6. The van der Waals surface area contributed by atoms with Crippen LogP contribution in [0.4, 0.5) is 18.3 Å². The minimum Gasteiger partial charge on any atom is -0.375 e. The van der Waals surface area contributed by atoms with E-state index >= 15 is 0 Å². The Bertz CT molecular complexity index is 617. The van der Waals surface area contributed by atoms with E-state index in [1.54, 1.807) is 0 Å². The third-order valence-electron chi connectivity index (χ3n) is 2.21. The maximum absolute atomic E-state index is 12.5. The van der Waals surface area contributed by atoms with E-state index in [-0.39, 0.29) is 6.54 Å². The van der Waals surface area contributed by atoms with Crippen LogP contribution in [0.5, 0.6) is 0 Å². The second-order valence-electron chi connectivity index (χ2n) is 3.55. The summed E-state index contributed by atoms with van der Waals surface area (Å²) in [5.41, 5.74) is 4.04. The van der Waals surface area contributed by atoms with Crippen LogP contribution in [-0.2, 0) is 12.7 Å². The molecule has 2 heterocycles. The number of hydrogen-bond donors (Lipinski definition) is 1. The van der Waals surface area contributed by atoms with Crippen LogP contribution < -0.4 is 11.3 Å². The van der Waals surface area contributed by atoms with Gasteiger partial charge >= 0.3 is 6.18 Å². The number of thiazole rings is 1. The molecule has 0 saturated heterocycles. The molecule has 2 aromatic heterocycles. The molecule has 4 nitrogen and oxygen atoms in total. The largest absolute Gasteiger partial charge is 0.417 e. The third kappa shape index (κ3) is 2.70. The normalized spacial score (nSPS) is 11.7. The Kier molecular flexibility index (Phi) is 3.12. The summed E-state index contributed by atoms with van der Waals surface area (Å²) in [5, 5.41) is 0.310. The van der Waals surface area contributed by atoms with Gasteiger partial charge in [-0.3, -0.25) is 4.79 Å². The second-order valence-corrected chi connectivity index (χ2v) is 4.69. The number of rotatable bonds is 2. The highest BCUT2D eigenvalue weighted by atomic mass is 32.1. The molecule has 18 heavy (non-hydrogen) atoms. The Morgan fingerprint density at radius 2 is 2.11 bits per heavy atom. The van der Waals surface area contributed by atoms with Crippen molar-refractivity contribution >= 4 is 16.5 Å². The molecule has 0 fully saturated rings. The molecule has 0 unspecified atom stereocenters. The molecule has 0 aromatic carbocycles. The molecular weight excluding hydrogens is 267 g/mol. The van der Waals surface area contributed by atoms with Gasteiger partial charge < -0.3 is 10.3 Å². The topological polar surface area (TPSA) is 60.9 Å². The molecule has 0 aliphatic rings. The molecule has 0 aliphatic carbocycles. The lowest BCUT2D eigenvalue weighted by Crippen LogP contribution is -2.21. The van der Waals surface area contributed by atoms with Crippen LogP contribution in [0.25, 0.3) is 0 Å². The van der Waals surface area contributed by atoms with Crippen molar-refractivity contribution in [3.63, 3.8) is 0 Å². The van der Waals surface area contributed by atoms with Gasteiger partial charge in [0.1, 0.15) is 0 Å². The average Bonchev–Trinajstić information content (AvgIpc) is 2.66. The lowest BCUT2D eigenvalue weighted by molar-refractivity contribution is -0.138. The maximum atomic E-state index is 12.5. The number of halogens is 3. The predicted octanol–water partition coefficient (Wildman–Crippen LogP) is 1.95. The summed E-state index contributed by atoms with van der Waals surface area (Å²) in [6, 6.07) is 1.66. The zero-order valence-electron chi connectivity index (χ0n) is 8.94. The van der Waals surface area contributed by atoms with Gasteiger partial charge in [-0.25, -0.2) is 4.98 Å². The number of nitrogens with two attached hydrogens (primary N) is 1. The molecule has 2 N–H and O–H groups in total. The molecule has 0 aliphatic heterocycles. The Hall–Kier alpha value is -1.83. The summed E-state index contributed by atoms with van der Waals surface area (Å²) in [6.07, 6.45) is -2.24. The number of nitrogen functional groups attached to an aromatic ring is 1. The fourth-order valence-electron chi connectivity index (χ4n) is 1.39. The second kappa shape index (κ2) is 4.45. The van der Waals surface area contributed by atoms with Gasteiger partial charge in [0.05, 0.1) is 12.1 Å². The van der Waals surface area contributed by atoms with E-state index in [4.69, 9.17) is 5.73 Å². The average molecular weight is 275 g/mol. The molecule has 96 valence electrons. The van der Waals surface area contributed by atoms with Crippen molar-refractivity contribution in [2.24, 2.45) is 0 Å². The summed E-state index contributed by atoms with van der Waals surface area (Å²) >= 11 is 1.13. The van der Waals surface area contributed by atoms with E-state index in [0.717, 1.165) is 34.2 Å². The summed E-state index contributed by atoms with van der Waals surface area (Å²) in [7, 11) is 0. The van der Waals surface area contributed by atoms with Crippen LogP contribution in [0.15, 0.2) is 29.3 Å². The molecule has 0 radical (unpaired) electrons. The van der Waals surface area contributed by atoms with Crippen LogP contribution in [0.2, 0.25) is 0 Å². The van der Waals surface area contributed by atoms with E-state index in [1.807, 2.05) is 0 Å². The molecule has 0 amide bonds. The van der Waals surface area contributed by atoms with Crippen LogP contribution in [0, 0.1) is 0 Å². The number of pyridine rings is 1. The van der Waals surface area contributed by atoms with Gasteiger partial charge in [-0.15, -0.1) is 11.3 Å². The van der Waals surface area contributed by atoms with Crippen molar-refractivity contribution in [3.05, 3.63) is 45.3 Å². The van der Waals surface area contributed by atoms with Crippen LogP contribution in [-0.4, -0.2) is 9.55 Å². The fraction of sp³-hybridized carbons (Fsp3) is 0.200. The summed E-state index contributed by atoms with van der Waals surface area (Å²) < 4.78 is 38.5. The first-order valence-corrected chi connectivity index (χ1v) is 5.66. The molecule has 0 saturated carbocycles. The molecule has 0 spiro atoms. The molecule has 0 bridgehead atoms. The standard InChI is InChI=1S/C10H8F3N3OS/c11-10(12,13)6-1-2-8(17)16(4-6)5-7-3-15-9(14)18-7/h1-4H,5H2,(H2,14,15). The van der Waals surface area contributed by atoms with Gasteiger partial charge in [0.15, 0.2) is 5.13 Å². The zero-order chi connectivity index (χ0) is 13.3. The van der Waals surface area contributed by atoms with Gasteiger partial charge in [-0.2, -0.15) is 13.2 Å². The predicted molar refractivity (Wildman–Crippen MR) is 61.3 cm³/mol. The summed E-state index contributed by atoms with van der Waals surface area (Å²) in [5.74, 6) is 0. The van der Waals surface area contributed by atoms with Crippen LogP contribution in [0.3, 0.4) is 0 Å². The van der Waals surface area contributed by atoms with E-state index in [1.165, 1.54) is 6.20 Å². The van der Waals surface area contributed by atoms with Crippen molar-refractivity contribution in [1.82, 2.24) is 9.55 Å². The Balaban J connectivity index is 2.35. The Morgan fingerprint density at radius 1 is 1.39 bits per heavy atom. The smallest absolute Gasteiger partial charge is 0.375 e. The summed E-state index contributed by atoms with van der Waals surface area (Å²) in [4.78, 5) is 15.8. The number of hydrogen-bond acceptors (Lipinski definition) is 4. The Morgan fingerprint density at radius 3 is 2.67 bits per heavy atom. The quantitative estimate of drug-likeness (QED) is 0.911. The minimum absolute atomic E-state index is 0.0254. The fourth-order valence-corrected chi connectivity index (χ4v) is 2.07. The van der Waals surface area contributed by atoms with E-state index in [9.17, 15) is 18.0 Å². The van der Waals surface area contributed by atoms with Crippen LogP contribution in [0.1, 0.15) is 10.4 Å². The molecule has 0 atom stereocenters. The van der Waals surface area contributed by atoms with E-state index in [0.29, 0.717) is 10.0 Å². The first-order chi connectivity index (χ1) is 8.36. The number of aromatic nitrogens is 2. The molecule has 2 aromatic rings. The van der Waals surface area contributed by atoms with Crippen molar-refractivity contribution in [2.45, 2.75) is 12.7 Å². The van der Waals surface area contributed by atoms with E-state index < -0.39 is 17.3 Å². The lowest BCUT2D eigenvalue weighted by atomic mass is 10.3. The highest BCUT2D eigenvalue weighted by molar-refractivity contribution is 7.15. The molecular formula is C10H8F3N3OS. The third-order valence-corrected chi connectivity index (χ3v) is 3.02. The minimum atomic E-state index is -4.47. The zero-order valence-corrected chi connectivity index (χ0v) is 9.76. The summed E-state index contributed by atoms with van der Waals surface area (Å²) in [6.45, 7) is 0.0254. The molecule has 2 rings (SSSR count). The number of alkyl halides is 3.